The number of carboxylic acids is 1. The van der Waals surface area contributed by atoms with Gasteiger partial charge in [0.1, 0.15) is 5.75 Å². The molecule has 0 amide bonds. The van der Waals surface area contributed by atoms with E-state index < -0.39 is 11.3 Å². The Labute approximate surface area is 140 Å². The van der Waals surface area contributed by atoms with Crippen molar-refractivity contribution in [3.05, 3.63) is 47.6 Å². The molecule has 0 aliphatic heterocycles. The second-order valence-corrected chi connectivity index (χ2v) is 5.66. The Morgan fingerprint density at radius 2 is 2.26 bits per heavy atom. The number of aromatic nitrogens is 2. The topological polar surface area (TPSA) is 64.4 Å². The molecule has 0 aliphatic carbocycles. The number of hydrogen-bond donors (Lipinski definition) is 1. The molecule has 2 aromatic rings. The van der Waals surface area contributed by atoms with Crippen LogP contribution in [0.2, 0.25) is 0 Å². The number of hydrogen-bond acceptors (Lipinski definition) is 3. The molecule has 1 N–H and O–H groups in total. The molecule has 122 valence electrons. The van der Waals surface area contributed by atoms with Gasteiger partial charge in [0, 0.05) is 6.20 Å². The summed E-state index contributed by atoms with van der Waals surface area (Å²) in [5, 5.41) is 8.77. The summed E-state index contributed by atoms with van der Waals surface area (Å²) in [6.45, 7) is 3.75. The van der Waals surface area contributed by atoms with E-state index >= 15 is 0 Å². The minimum absolute atomic E-state index is 0.169. The van der Waals surface area contributed by atoms with Crippen molar-refractivity contribution >= 4 is 23.6 Å². The molecule has 1 aromatic heterocycles. The third-order valence-corrected chi connectivity index (χ3v) is 4.00. The van der Waals surface area contributed by atoms with Gasteiger partial charge in [0.05, 0.1) is 35.8 Å². The van der Waals surface area contributed by atoms with Crippen molar-refractivity contribution in [2.24, 2.45) is 0 Å². The van der Waals surface area contributed by atoms with Crippen molar-refractivity contribution in [1.82, 2.24) is 9.55 Å². The SMILES string of the molecule is CCC(Cl)/C(=C/c1ccc(-n2cnc(C)c2)c(OC)c1)C(=O)O. The lowest BCUT2D eigenvalue weighted by Gasteiger charge is -2.11. The van der Waals surface area contributed by atoms with E-state index in [1.54, 1.807) is 25.6 Å². The van der Waals surface area contributed by atoms with E-state index in [9.17, 15) is 9.90 Å². The highest BCUT2D eigenvalue weighted by Crippen LogP contribution is 2.26. The standard InChI is InChI=1S/C17H19ClN2O3/c1-4-14(18)13(17(21)22)7-12-5-6-15(16(8-12)23-3)20-9-11(2)19-10-20/h5-10,14H,4H2,1-3H3,(H,21,22)/b13-7-. The number of alkyl halides is 1. The summed E-state index contributed by atoms with van der Waals surface area (Å²) in [6.07, 6.45) is 5.72. The fourth-order valence-electron chi connectivity index (χ4n) is 2.24. The number of ether oxygens (including phenoxy) is 1. The van der Waals surface area contributed by atoms with E-state index in [0.29, 0.717) is 12.2 Å². The Kier molecular flexibility index (Phi) is 5.45. The molecule has 1 heterocycles. The van der Waals surface area contributed by atoms with Gasteiger partial charge < -0.3 is 14.4 Å². The highest BCUT2D eigenvalue weighted by molar-refractivity contribution is 6.25. The predicted octanol–water partition coefficient (Wildman–Crippen LogP) is 3.67. The normalized spacial score (nSPS) is 13.0. The number of methoxy groups -OCH3 is 1. The van der Waals surface area contributed by atoms with Gasteiger partial charge in [0.25, 0.3) is 0 Å². The number of aliphatic carboxylic acids is 1. The van der Waals surface area contributed by atoms with Gasteiger partial charge in [-0.2, -0.15) is 0 Å². The quantitative estimate of drug-likeness (QED) is 0.646. The Balaban J connectivity index is 2.44. The van der Waals surface area contributed by atoms with E-state index in [1.165, 1.54) is 0 Å². The van der Waals surface area contributed by atoms with Gasteiger partial charge in [0.2, 0.25) is 0 Å². The van der Waals surface area contributed by atoms with Crippen molar-refractivity contribution in [1.29, 1.82) is 0 Å². The molecule has 1 unspecified atom stereocenters. The number of carboxylic acid groups (broad SMARTS) is 1. The van der Waals surface area contributed by atoms with E-state index in [2.05, 4.69) is 4.98 Å². The number of aryl methyl sites for hydroxylation is 1. The molecule has 0 aliphatic rings. The molecule has 2 rings (SSSR count). The Morgan fingerprint density at radius 3 is 2.78 bits per heavy atom. The van der Waals surface area contributed by atoms with Gasteiger partial charge in [-0.25, -0.2) is 9.78 Å². The van der Waals surface area contributed by atoms with Crippen LogP contribution in [0.25, 0.3) is 11.8 Å². The second kappa shape index (κ2) is 7.33. The van der Waals surface area contributed by atoms with Gasteiger partial charge in [0.15, 0.2) is 0 Å². The molecule has 23 heavy (non-hydrogen) atoms. The molecule has 0 saturated heterocycles. The smallest absolute Gasteiger partial charge is 0.333 e. The lowest BCUT2D eigenvalue weighted by atomic mass is 10.1. The molecule has 6 heteroatoms. The van der Waals surface area contributed by atoms with Crippen LogP contribution in [-0.2, 0) is 4.79 Å². The number of nitrogens with zero attached hydrogens (tertiary/aromatic N) is 2. The first-order chi connectivity index (χ1) is 11.0. The van der Waals surface area contributed by atoms with Crippen molar-refractivity contribution in [3.63, 3.8) is 0 Å². The fourth-order valence-corrected chi connectivity index (χ4v) is 2.39. The summed E-state index contributed by atoms with van der Waals surface area (Å²) in [6, 6.07) is 5.47. The summed E-state index contributed by atoms with van der Waals surface area (Å²) in [5.41, 5.74) is 2.62. The highest BCUT2D eigenvalue weighted by atomic mass is 35.5. The third kappa shape index (κ3) is 3.93. The number of carbonyl (C=O) groups is 1. The molecular weight excluding hydrogens is 316 g/mol. The van der Waals surface area contributed by atoms with Crippen LogP contribution in [0.4, 0.5) is 0 Å². The lowest BCUT2D eigenvalue weighted by molar-refractivity contribution is -0.132. The minimum atomic E-state index is -1.01. The molecule has 0 saturated carbocycles. The van der Waals surface area contributed by atoms with Crippen molar-refractivity contribution in [2.75, 3.05) is 7.11 Å². The summed E-state index contributed by atoms with van der Waals surface area (Å²) in [7, 11) is 1.57. The first kappa shape index (κ1) is 17.1. The highest BCUT2D eigenvalue weighted by Gasteiger charge is 2.17. The third-order valence-electron chi connectivity index (χ3n) is 3.46. The van der Waals surface area contributed by atoms with Gasteiger partial charge in [-0.15, -0.1) is 11.6 Å². The van der Waals surface area contributed by atoms with Crippen molar-refractivity contribution < 1.29 is 14.6 Å². The maximum Gasteiger partial charge on any atom is 0.333 e. The number of imidazole rings is 1. The van der Waals surface area contributed by atoms with Crippen molar-refractivity contribution in [3.8, 4) is 11.4 Å². The van der Waals surface area contributed by atoms with E-state index in [-0.39, 0.29) is 5.57 Å². The molecule has 0 spiro atoms. The molecule has 0 bridgehead atoms. The van der Waals surface area contributed by atoms with Crippen LogP contribution in [0, 0.1) is 6.92 Å². The Hall–Kier alpha value is -2.27. The van der Waals surface area contributed by atoms with E-state index in [0.717, 1.165) is 16.9 Å². The average molecular weight is 335 g/mol. The zero-order chi connectivity index (χ0) is 17.0. The Bertz CT molecular complexity index is 737. The average Bonchev–Trinajstić information content (AvgIpc) is 2.97. The number of benzene rings is 1. The van der Waals surface area contributed by atoms with Crippen LogP contribution >= 0.6 is 11.6 Å². The first-order valence-electron chi connectivity index (χ1n) is 7.24. The second-order valence-electron chi connectivity index (χ2n) is 5.13. The molecule has 0 fully saturated rings. The van der Waals surface area contributed by atoms with Gasteiger partial charge in [-0.05, 0) is 37.1 Å². The maximum atomic E-state index is 11.4. The molecular formula is C17H19ClN2O3. The molecule has 1 aromatic carbocycles. The van der Waals surface area contributed by atoms with Crippen LogP contribution in [-0.4, -0.2) is 33.1 Å². The monoisotopic (exact) mass is 334 g/mol. The lowest BCUT2D eigenvalue weighted by Crippen LogP contribution is -2.11. The van der Waals surface area contributed by atoms with E-state index in [4.69, 9.17) is 16.3 Å². The summed E-state index contributed by atoms with van der Waals surface area (Å²) < 4.78 is 7.28. The van der Waals surface area contributed by atoms with Crippen LogP contribution in [0.3, 0.4) is 0 Å². The van der Waals surface area contributed by atoms with Gasteiger partial charge >= 0.3 is 5.97 Å². The van der Waals surface area contributed by atoms with E-state index in [1.807, 2.05) is 36.7 Å². The molecule has 0 radical (unpaired) electrons. The summed E-state index contributed by atoms with van der Waals surface area (Å²) in [5.74, 6) is -0.386. The van der Waals surface area contributed by atoms with Gasteiger partial charge in [-0.3, -0.25) is 0 Å². The minimum Gasteiger partial charge on any atom is -0.495 e. The van der Waals surface area contributed by atoms with Crippen molar-refractivity contribution in [2.45, 2.75) is 25.6 Å². The van der Waals surface area contributed by atoms with Crippen LogP contribution in [0.1, 0.15) is 24.6 Å². The maximum absolute atomic E-state index is 11.4. The largest absolute Gasteiger partial charge is 0.495 e. The van der Waals surface area contributed by atoms with Crippen LogP contribution < -0.4 is 4.74 Å². The molecule has 1 atom stereocenters. The van der Waals surface area contributed by atoms with Crippen LogP contribution in [0.15, 0.2) is 36.3 Å². The zero-order valence-electron chi connectivity index (χ0n) is 13.3. The predicted molar refractivity (Wildman–Crippen MR) is 90.4 cm³/mol. The number of rotatable bonds is 6. The Morgan fingerprint density at radius 1 is 1.52 bits per heavy atom. The van der Waals surface area contributed by atoms with Crippen LogP contribution in [0.5, 0.6) is 5.75 Å². The first-order valence-corrected chi connectivity index (χ1v) is 7.67. The summed E-state index contributed by atoms with van der Waals surface area (Å²) in [4.78, 5) is 15.6. The zero-order valence-corrected chi connectivity index (χ0v) is 14.0. The van der Waals surface area contributed by atoms with Gasteiger partial charge in [-0.1, -0.05) is 13.0 Å². The fraction of sp³-hybridized carbons (Fsp3) is 0.294. The summed E-state index contributed by atoms with van der Waals surface area (Å²) >= 11 is 6.09. The number of halogens is 1. The molecule has 5 nitrogen and oxygen atoms in total.